The van der Waals surface area contributed by atoms with Crippen LogP contribution in [0.2, 0.25) is 0 Å². The van der Waals surface area contributed by atoms with Gasteiger partial charge in [-0.15, -0.1) is 0 Å². The molecule has 2 saturated heterocycles. The maximum absolute atomic E-state index is 12.8. The van der Waals surface area contributed by atoms with Gasteiger partial charge in [0.25, 0.3) is 5.91 Å². The summed E-state index contributed by atoms with van der Waals surface area (Å²) in [6, 6.07) is 1.82. The molecule has 3 fully saturated rings. The maximum Gasteiger partial charge on any atom is 0.274 e. The fourth-order valence-electron chi connectivity index (χ4n) is 4.50. The van der Waals surface area contributed by atoms with Gasteiger partial charge >= 0.3 is 0 Å². The molecule has 3 heterocycles. The summed E-state index contributed by atoms with van der Waals surface area (Å²) in [5.41, 5.74) is 0.760. The second kappa shape index (κ2) is 6.72. The van der Waals surface area contributed by atoms with E-state index >= 15 is 0 Å². The van der Waals surface area contributed by atoms with E-state index in [2.05, 4.69) is 16.9 Å². The molecule has 1 aromatic heterocycles. The number of nitrogens with zero attached hydrogens (tertiary/aromatic N) is 4. The maximum atomic E-state index is 12.8. The van der Waals surface area contributed by atoms with Gasteiger partial charge in [-0.25, -0.2) is 0 Å². The van der Waals surface area contributed by atoms with Crippen molar-refractivity contribution >= 4 is 5.91 Å². The first-order valence-corrected chi connectivity index (χ1v) is 9.68. The lowest BCUT2D eigenvalue weighted by Crippen LogP contribution is -2.38. The molecule has 0 unspecified atom stereocenters. The zero-order chi connectivity index (χ0) is 17.4. The minimum atomic E-state index is 0.0741. The van der Waals surface area contributed by atoms with Crippen molar-refractivity contribution in [1.29, 1.82) is 0 Å². The molecule has 25 heavy (non-hydrogen) atoms. The van der Waals surface area contributed by atoms with E-state index in [-0.39, 0.29) is 11.3 Å². The van der Waals surface area contributed by atoms with Gasteiger partial charge in [-0.1, -0.05) is 6.92 Å². The van der Waals surface area contributed by atoms with Crippen LogP contribution in [0.5, 0.6) is 0 Å². The van der Waals surface area contributed by atoms with Crippen LogP contribution < -0.4 is 0 Å². The van der Waals surface area contributed by atoms with Gasteiger partial charge in [-0.2, -0.15) is 5.10 Å². The molecule has 1 saturated carbocycles. The SMILES string of the molecule is CCN1C[C@@H](COCC2CC2)[C@@]2(CCN(C(=O)c3ccn(C)n3)C2)C1. The van der Waals surface area contributed by atoms with Crippen LogP contribution in [0, 0.1) is 17.3 Å². The van der Waals surface area contributed by atoms with Crippen molar-refractivity contribution in [3.05, 3.63) is 18.0 Å². The normalized spacial score (nSPS) is 29.8. The molecule has 1 aromatic rings. The number of carbonyl (C=O) groups excluding carboxylic acids is 1. The van der Waals surface area contributed by atoms with Crippen molar-refractivity contribution < 1.29 is 9.53 Å². The summed E-state index contributed by atoms with van der Waals surface area (Å²) in [6.07, 6.45) is 5.59. The molecule has 138 valence electrons. The summed E-state index contributed by atoms with van der Waals surface area (Å²) in [5, 5.41) is 4.29. The van der Waals surface area contributed by atoms with Gasteiger partial charge in [0.1, 0.15) is 5.69 Å². The van der Waals surface area contributed by atoms with Gasteiger partial charge in [0.2, 0.25) is 0 Å². The first-order chi connectivity index (χ1) is 12.1. The van der Waals surface area contributed by atoms with Crippen molar-refractivity contribution in [3.63, 3.8) is 0 Å². The number of ether oxygens (including phenoxy) is 1. The third-order valence-corrected chi connectivity index (χ3v) is 6.31. The zero-order valence-corrected chi connectivity index (χ0v) is 15.5. The van der Waals surface area contributed by atoms with Crippen LogP contribution in [-0.2, 0) is 11.8 Å². The van der Waals surface area contributed by atoms with Crippen molar-refractivity contribution in [2.75, 3.05) is 45.9 Å². The second-order valence-electron chi connectivity index (χ2n) is 8.22. The van der Waals surface area contributed by atoms with Gasteiger partial charge in [0, 0.05) is 57.4 Å². The number of hydrogen-bond donors (Lipinski definition) is 0. The number of aryl methyl sites for hydroxylation is 1. The summed E-state index contributed by atoms with van der Waals surface area (Å²) in [5.74, 6) is 1.42. The van der Waals surface area contributed by atoms with Gasteiger partial charge in [-0.05, 0) is 37.8 Å². The predicted octanol–water partition coefficient (Wildman–Crippen LogP) is 1.63. The number of aromatic nitrogens is 2. The molecule has 4 rings (SSSR count). The Labute approximate surface area is 150 Å². The number of likely N-dealkylation sites (tertiary alicyclic amines) is 2. The Bertz CT molecular complexity index is 627. The fourth-order valence-corrected chi connectivity index (χ4v) is 4.50. The molecular formula is C19H30N4O2. The third-order valence-electron chi connectivity index (χ3n) is 6.31. The molecule has 1 spiro atoms. The molecule has 6 nitrogen and oxygen atoms in total. The molecule has 6 heteroatoms. The highest BCUT2D eigenvalue weighted by Gasteiger charge is 2.51. The molecule has 3 aliphatic rings. The Morgan fingerprint density at radius 1 is 1.36 bits per heavy atom. The third kappa shape index (κ3) is 3.47. The molecule has 0 N–H and O–H groups in total. The quantitative estimate of drug-likeness (QED) is 0.786. The number of carbonyl (C=O) groups is 1. The van der Waals surface area contributed by atoms with Crippen LogP contribution in [0.1, 0.15) is 36.7 Å². The highest BCUT2D eigenvalue weighted by molar-refractivity contribution is 5.92. The Morgan fingerprint density at radius 2 is 2.20 bits per heavy atom. The molecular weight excluding hydrogens is 316 g/mol. The standard InChI is InChI=1S/C19H30N4O2/c1-3-22-10-16(12-25-11-15-4-5-15)19(13-22)7-9-23(14-19)18(24)17-6-8-21(2)20-17/h6,8,15-16H,3-5,7,9-14H2,1-2H3/t16-,19-/m0/s1. The van der Waals surface area contributed by atoms with Gasteiger partial charge in [0.05, 0.1) is 6.61 Å². The smallest absolute Gasteiger partial charge is 0.274 e. The molecule has 0 aromatic carbocycles. The molecule has 1 aliphatic carbocycles. The molecule has 0 bridgehead atoms. The van der Waals surface area contributed by atoms with Crippen LogP contribution in [0.4, 0.5) is 0 Å². The number of amides is 1. The van der Waals surface area contributed by atoms with E-state index in [1.165, 1.54) is 12.8 Å². The summed E-state index contributed by atoms with van der Waals surface area (Å²) in [6.45, 7) is 8.96. The van der Waals surface area contributed by atoms with Crippen LogP contribution in [0.25, 0.3) is 0 Å². The monoisotopic (exact) mass is 346 g/mol. The fraction of sp³-hybridized carbons (Fsp3) is 0.789. The zero-order valence-electron chi connectivity index (χ0n) is 15.5. The van der Waals surface area contributed by atoms with Crippen molar-refractivity contribution in [2.45, 2.75) is 26.2 Å². The summed E-state index contributed by atoms with van der Waals surface area (Å²) < 4.78 is 7.76. The predicted molar refractivity (Wildman–Crippen MR) is 95.3 cm³/mol. The van der Waals surface area contributed by atoms with Crippen LogP contribution in [0.15, 0.2) is 12.3 Å². The van der Waals surface area contributed by atoms with Crippen molar-refractivity contribution in [2.24, 2.45) is 24.3 Å². The largest absolute Gasteiger partial charge is 0.381 e. The lowest BCUT2D eigenvalue weighted by Gasteiger charge is -2.30. The topological polar surface area (TPSA) is 50.6 Å². The highest BCUT2D eigenvalue weighted by atomic mass is 16.5. The van der Waals surface area contributed by atoms with Crippen LogP contribution in [-0.4, -0.2) is 71.4 Å². The Balaban J connectivity index is 1.42. The molecule has 0 radical (unpaired) electrons. The minimum absolute atomic E-state index is 0.0741. The first-order valence-electron chi connectivity index (χ1n) is 9.68. The van der Waals surface area contributed by atoms with E-state index in [0.717, 1.165) is 58.3 Å². The molecule has 1 amide bonds. The van der Waals surface area contributed by atoms with Gasteiger partial charge in [-0.3, -0.25) is 9.48 Å². The summed E-state index contributed by atoms with van der Waals surface area (Å²) in [7, 11) is 1.85. The Kier molecular flexibility index (Phi) is 4.58. The number of hydrogen-bond acceptors (Lipinski definition) is 4. The van der Waals surface area contributed by atoms with E-state index in [4.69, 9.17) is 4.74 Å². The average Bonchev–Trinajstić information content (AvgIpc) is 3.03. The molecule has 2 atom stereocenters. The Hall–Kier alpha value is -1.40. The van der Waals surface area contributed by atoms with Crippen molar-refractivity contribution in [3.8, 4) is 0 Å². The lowest BCUT2D eigenvalue weighted by molar-refractivity contribution is 0.0528. The minimum Gasteiger partial charge on any atom is -0.381 e. The van der Waals surface area contributed by atoms with Crippen LogP contribution in [0.3, 0.4) is 0 Å². The van der Waals surface area contributed by atoms with E-state index in [9.17, 15) is 4.79 Å². The second-order valence-corrected chi connectivity index (χ2v) is 8.22. The first kappa shape index (κ1) is 17.0. The van der Waals surface area contributed by atoms with E-state index in [1.807, 2.05) is 24.2 Å². The van der Waals surface area contributed by atoms with Crippen molar-refractivity contribution in [1.82, 2.24) is 19.6 Å². The molecule has 2 aliphatic heterocycles. The highest BCUT2D eigenvalue weighted by Crippen LogP contribution is 2.44. The number of rotatable bonds is 6. The van der Waals surface area contributed by atoms with Gasteiger partial charge < -0.3 is 14.5 Å². The van der Waals surface area contributed by atoms with Crippen LogP contribution >= 0.6 is 0 Å². The Morgan fingerprint density at radius 3 is 2.88 bits per heavy atom. The average molecular weight is 346 g/mol. The lowest BCUT2D eigenvalue weighted by atomic mass is 9.77. The van der Waals surface area contributed by atoms with E-state index in [0.29, 0.717) is 11.6 Å². The van der Waals surface area contributed by atoms with Gasteiger partial charge in [0.15, 0.2) is 0 Å². The van der Waals surface area contributed by atoms with E-state index in [1.54, 1.807) is 4.68 Å². The summed E-state index contributed by atoms with van der Waals surface area (Å²) in [4.78, 5) is 17.3. The summed E-state index contributed by atoms with van der Waals surface area (Å²) >= 11 is 0. The van der Waals surface area contributed by atoms with E-state index < -0.39 is 0 Å².